The Kier molecular flexibility index (Phi) is 4.87. The van der Waals surface area contributed by atoms with Crippen LogP contribution in [0.25, 0.3) is 0 Å². The van der Waals surface area contributed by atoms with Crippen LogP contribution in [0.15, 0.2) is 42.6 Å². The number of ether oxygens (including phenoxy) is 1. The number of carbonyl (C=O) groups is 1. The molecule has 4 nitrogen and oxygen atoms in total. The maximum atomic E-state index is 13.9. The van der Waals surface area contributed by atoms with E-state index >= 15 is 0 Å². The third-order valence-corrected chi connectivity index (χ3v) is 3.18. The molecule has 0 atom stereocenters. The zero-order chi connectivity index (χ0) is 15.2. The van der Waals surface area contributed by atoms with Gasteiger partial charge < -0.3 is 9.64 Å². The van der Waals surface area contributed by atoms with E-state index in [1.54, 1.807) is 19.3 Å². The van der Waals surface area contributed by atoms with Gasteiger partial charge in [0.05, 0.1) is 12.7 Å². The first-order valence-corrected chi connectivity index (χ1v) is 6.60. The summed E-state index contributed by atoms with van der Waals surface area (Å²) in [5.74, 6) is -0.546. The minimum Gasteiger partial charge on any atom is -0.497 e. The number of halogens is 1. The first kappa shape index (κ1) is 15.0. The van der Waals surface area contributed by atoms with Crippen LogP contribution in [-0.4, -0.2) is 36.5 Å². The Labute approximate surface area is 123 Å². The lowest BCUT2D eigenvalue weighted by molar-refractivity contribution is 0.0791. The highest BCUT2D eigenvalue weighted by Crippen LogP contribution is 2.17. The first-order chi connectivity index (χ1) is 10.1. The van der Waals surface area contributed by atoms with E-state index in [0.717, 1.165) is 5.69 Å². The van der Waals surface area contributed by atoms with Gasteiger partial charge in [-0.15, -0.1) is 0 Å². The van der Waals surface area contributed by atoms with Gasteiger partial charge in [0.2, 0.25) is 0 Å². The van der Waals surface area contributed by atoms with Crippen molar-refractivity contribution in [3.05, 3.63) is 59.7 Å². The summed E-state index contributed by atoms with van der Waals surface area (Å²) in [6, 6.07) is 9.85. The standard InChI is InChI=1S/C16H17FN2O2/c1-19(10-8-12-5-3-4-9-18-12)16(20)14-7-6-13(21-2)11-15(14)17/h3-7,9,11H,8,10H2,1-2H3. The molecule has 0 saturated heterocycles. The number of nitrogens with zero attached hydrogens (tertiary/aromatic N) is 2. The average molecular weight is 288 g/mol. The van der Waals surface area contributed by atoms with Crippen molar-refractivity contribution in [3.8, 4) is 5.75 Å². The lowest BCUT2D eigenvalue weighted by Gasteiger charge is -2.17. The Balaban J connectivity index is 2.02. The molecule has 0 saturated carbocycles. The summed E-state index contributed by atoms with van der Waals surface area (Å²) in [6.07, 6.45) is 2.33. The number of hydrogen-bond donors (Lipinski definition) is 0. The van der Waals surface area contributed by atoms with E-state index in [-0.39, 0.29) is 11.5 Å². The fourth-order valence-corrected chi connectivity index (χ4v) is 1.93. The topological polar surface area (TPSA) is 42.4 Å². The summed E-state index contributed by atoms with van der Waals surface area (Å²) in [5.41, 5.74) is 0.937. The smallest absolute Gasteiger partial charge is 0.256 e. The van der Waals surface area contributed by atoms with Crippen molar-refractivity contribution in [3.63, 3.8) is 0 Å². The summed E-state index contributed by atoms with van der Waals surface area (Å²) < 4.78 is 18.8. The number of rotatable bonds is 5. The lowest BCUT2D eigenvalue weighted by atomic mass is 10.1. The summed E-state index contributed by atoms with van der Waals surface area (Å²) in [6.45, 7) is 0.474. The van der Waals surface area contributed by atoms with E-state index in [1.165, 1.54) is 24.1 Å². The van der Waals surface area contributed by atoms with Gasteiger partial charge in [-0.3, -0.25) is 9.78 Å². The summed E-state index contributed by atoms with van der Waals surface area (Å²) in [5, 5.41) is 0. The van der Waals surface area contributed by atoms with Crippen molar-refractivity contribution in [1.82, 2.24) is 9.88 Å². The summed E-state index contributed by atoms with van der Waals surface area (Å²) in [4.78, 5) is 17.9. The van der Waals surface area contributed by atoms with Crippen LogP contribution in [0, 0.1) is 5.82 Å². The molecule has 0 bridgehead atoms. The maximum Gasteiger partial charge on any atom is 0.256 e. The van der Waals surface area contributed by atoms with Gasteiger partial charge in [0.15, 0.2) is 0 Å². The number of pyridine rings is 1. The van der Waals surface area contributed by atoms with Gasteiger partial charge in [0.1, 0.15) is 11.6 Å². The van der Waals surface area contributed by atoms with Crippen molar-refractivity contribution < 1.29 is 13.9 Å². The van der Waals surface area contributed by atoms with Crippen molar-refractivity contribution >= 4 is 5.91 Å². The minimum absolute atomic E-state index is 0.0410. The lowest BCUT2D eigenvalue weighted by Crippen LogP contribution is -2.29. The van der Waals surface area contributed by atoms with Crippen LogP contribution in [-0.2, 0) is 6.42 Å². The van der Waals surface area contributed by atoms with Crippen LogP contribution >= 0.6 is 0 Å². The Morgan fingerprint density at radius 1 is 1.33 bits per heavy atom. The molecule has 0 aliphatic carbocycles. The Hall–Kier alpha value is -2.43. The monoisotopic (exact) mass is 288 g/mol. The van der Waals surface area contributed by atoms with Crippen LogP contribution in [0.4, 0.5) is 4.39 Å². The number of methoxy groups -OCH3 is 1. The second-order valence-corrected chi connectivity index (χ2v) is 4.64. The number of likely N-dealkylation sites (N-methyl/N-ethyl adjacent to an activating group) is 1. The largest absolute Gasteiger partial charge is 0.497 e. The Morgan fingerprint density at radius 2 is 2.14 bits per heavy atom. The molecule has 21 heavy (non-hydrogen) atoms. The minimum atomic E-state index is -0.580. The van der Waals surface area contributed by atoms with Crippen LogP contribution < -0.4 is 4.74 Å². The van der Waals surface area contributed by atoms with E-state index < -0.39 is 5.82 Å². The van der Waals surface area contributed by atoms with Gasteiger partial charge in [-0.2, -0.15) is 0 Å². The zero-order valence-corrected chi connectivity index (χ0v) is 12.0. The quantitative estimate of drug-likeness (QED) is 0.849. The third-order valence-electron chi connectivity index (χ3n) is 3.18. The average Bonchev–Trinajstić information content (AvgIpc) is 2.52. The molecule has 0 radical (unpaired) electrons. The van der Waals surface area contributed by atoms with E-state index in [4.69, 9.17) is 4.74 Å². The fourth-order valence-electron chi connectivity index (χ4n) is 1.93. The molecule has 2 aromatic rings. The molecule has 0 fully saturated rings. The molecular weight excluding hydrogens is 271 g/mol. The van der Waals surface area contributed by atoms with Crippen LogP contribution in [0.1, 0.15) is 16.1 Å². The molecule has 0 N–H and O–H groups in total. The van der Waals surface area contributed by atoms with Crippen LogP contribution in [0.2, 0.25) is 0 Å². The molecule has 110 valence electrons. The summed E-state index contributed by atoms with van der Waals surface area (Å²) >= 11 is 0. The Morgan fingerprint density at radius 3 is 2.76 bits per heavy atom. The number of benzene rings is 1. The normalized spacial score (nSPS) is 10.2. The predicted octanol–water partition coefficient (Wildman–Crippen LogP) is 2.54. The molecule has 0 spiro atoms. The predicted molar refractivity (Wildman–Crippen MR) is 77.9 cm³/mol. The number of carbonyl (C=O) groups excluding carboxylic acids is 1. The second-order valence-electron chi connectivity index (χ2n) is 4.64. The highest BCUT2D eigenvalue weighted by atomic mass is 19.1. The molecule has 1 heterocycles. The molecular formula is C16H17FN2O2. The third kappa shape index (κ3) is 3.78. The van der Waals surface area contributed by atoms with Gasteiger partial charge in [-0.25, -0.2) is 4.39 Å². The first-order valence-electron chi connectivity index (χ1n) is 6.60. The molecule has 0 unspecified atom stereocenters. The van der Waals surface area contributed by atoms with Crippen molar-refractivity contribution in [2.24, 2.45) is 0 Å². The van der Waals surface area contributed by atoms with Gasteiger partial charge in [0.25, 0.3) is 5.91 Å². The molecule has 5 heteroatoms. The van der Waals surface area contributed by atoms with Crippen molar-refractivity contribution in [1.29, 1.82) is 0 Å². The molecule has 0 aliphatic rings. The highest BCUT2D eigenvalue weighted by Gasteiger charge is 2.16. The molecule has 2 rings (SSSR count). The van der Waals surface area contributed by atoms with Gasteiger partial charge in [-0.05, 0) is 24.3 Å². The zero-order valence-electron chi connectivity index (χ0n) is 12.0. The van der Waals surface area contributed by atoms with Gasteiger partial charge in [0, 0.05) is 38.0 Å². The van der Waals surface area contributed by atoms with Crippen molar-refractivity contribution in [2.45, 2.75) is 6.42 Å². The van der Waals surface area contributed by atoms with E-state index in [0.29, 0.717) is 18.7 Å². The van der Waals surface area contributed by atoms with Gasteiger partial charge >= 0.3 is 0 Å². The second kappa shape index (κ2) is 6.83. The van der Waals surface area contributed by atoms with Gasteiger partial charge in [-0.1, -0.05) is 6.07 Å². The van der Waals surface area contributed by atoms with Crippen molar-refractivity contribution in [2.75, 3.05) is 20.7 Å². The Bertz CT molecular complexity index is 617. The summed E-state index contributed by atoms with van der Waals surface area (Å²) in [7, 11) is 3.10. The van der Waals surface area contributed by atoms with Crippen LogP contribution in [0.3, 0.4) is 0 Å². The SMILES string of the molecule is COc1ccc(C(=O)N(C)CCc2ccccn2)c(F)c1. The maximum absolute atomic E-state index is 13.9. The molecule has 1 aromatic carbocycles. The number of hydrogen-bond acceptors (Lipinski definition) is 3. The van der Waals surface area contributed by atoms with E-state index in [9.17, 15) is 9.18 Å². The van der Waals surface area contributed by atoms with Crippen LogP contribution in [0.5, 0.6) is 5.75 Å². The molecule has 0 aliphatic heterocycles. The highest BCUT2D eigenvalue weighted by molar-refractivity contribution is 5.94. The van der Waals surface area contributed by atoms with E-state index in [2.05, 4.69) is 4.98 Å². The number of amides is 1. The molecule has 1 aromatic heterocycles. The fraction of sp³-hybridized carbons (Fsp3) is 0.250. The van der Waals surface area contributed by atoms with E-state index in [1.807, 2.05) is 18.2 Å². The molecule has 1 amide bonds. The number of aromatic nitrogens is 1.